The van der Waals surface area contributed by atoms with Crippen molar-refractivity contribution >= 4 is 23.5 Å². The highest BCUT2D eigenvalue weighted by molar-refractivity contribution is 6.30. The molecule has 1 saturated heterocycles. The summed E-state index contributed by atoms with van der Waals surface area (Å²) in [5.41, 5.74) is -2.06. The molecule has 3 aliphatic rings. The van der Waals surface area contributed by atoms with Gasteiger partial charge >= 0.3 is 5.97 Å². The van der Waals surface area contributed by atoms with E-state index < -0.39 is 58.8 Å². The third kappa shape index (κ3) is 4.83. The lowest BCUT2D eigenvalue weighted by Gasteiger charge is -2.36. The molecule has 1 spiro atoms. The average molecular weight is 565 g/mol. The number of nitrogens with one attached hydrogen (secondary N) is 2. The lowest BCUT2D eigenvalue weighted by Crippen LogP contribution is -2.49. The Hall–Kier alpha value is -2.62. The number of aliphatic hydroxyl groups is 1. The largest absolute Gasteiger partial charge is 0.425 e. The Morgan fingerprint density at radius 1 is 1.15 bits per heavy atom. The van der Waals surface area contributed by atoms with Gasteiger partial charge in [0.2, 0.25) is 5.91 Å². The summed E-state index contributed by atoms with van der Waals surface area (Å²) in [5, 5.41) is 16.0. The number of rotatable bonds is 4. The topological polar surface area (TPSA) is 87.7 Å². The van der Waals surface area contributed by atoms with E-state index in [4.69, 9.17) is 16.3 Å². The van der Waals surface area contributed by atoms with Gasteiger partial charge in [0.15, 0.2) is 11.6 Å². The maximum absolute atomic E-state index is 15.7. The predicted octanol–water partition coefficient (Wildman–Crippen LogP) is 4.89. The van der Waals surface area contributed by atoms with Crippen molar-refractivity contribution in [3.63, 3.8) is 0 Å². The zero-order valence-electron chi connectivity index (χ0n) is 22.0. The molecule has 39 heavy (non-hydrogen) atoms. The van der Waals surface area contributed by atoms with Crippen molar-refractivity contribution < 1.29 is 32.6 Å². The van der Waals surface area contributed by atoms with Crippen molar-refractivity contribution in [3.05, 3.63) is 63.9 Å². The van der Waals surface area contributed by atoms with Crippen LogP contribution in [-0.4, -0.2) is 41.2 Å². The third-order valence-corrected chi connectivity index (χ3v) is 8.51. The minimum absolute atomic E-state index is 0.000147. The van der Waals surface area contributed by atoms with Gasteiger partial charge < -0.3 is 20.5 Å². The van der Waals surface area contributed by atoms with Crippen molar-refractivity contribution in [2.45, 2.75) is 88.4 Å². The van der Waals surface area contributed by atoms with Crippen LogP contribution in [0.1, 0.15) is 69.9 Å². The second-order valence-corrected chi connectivity index (χ2v) is 12.5. The standard InChI is InChI=1S/C29H32ClF3N2O4/c1-28(2,3)13-22-29(17-11-19(31)20(32)12-21(17)39-27(29)38)23(16-5-4-6-18(30)24(16)33)25(35-22)26(37)34-14-7-9-15(36)10-8-14/h4-6,11-12,14-15,22-23,25,35-36H,7-10,13H2,1-3H3,(H,34,37)/t14-,15-,22-,23+,25-,29+/m1/s1. The molecule has 0 unspecified atom stereocenters. The summed E-state index contributed by atoms with van der Waals surface area (Å²) in [6.45, 7) is 5.85. The molecule has 0 bridgehead atoms. The zero-order valence-corrected chi connectivity index (χ0v) is 22.7. The van der Waals surface area contributed by atoms with Crippen LogP contribution in [0.4, 0.5) is 13.2 Å². The van der Waals surface area contributed by atoms with Gasteiger partial charge in [-0.1, -0.05) is 44.5 Å². The molecule has 10 heteroatoms. The first-order valence-corrected chi connectivity index (χ1v) is 13.6. The van der Waals surface area contributed by atoms with Gasteiger partial charge in [-0.25, -0.2) is 13.2 Å². The first-order chi connectivity index (χ1) is 18.3. The van der Waals surface area contributed by atoms with Crippen molar-refractivity contribution in [1.29, 1.82) is 0 Å². The molecule has 3 N–H and O–H groups in total. The Morgan fingerprint density at radius 2 is 1.82 bits per heavy atom. The molecule has 6 nitrogen and oxygen atoms in total. The van der Waals surface area contributed by atoms with Crippen LogP contribution in [0.3, 0.4) is 0 Å². The molecule has 0 aromatic heterocycles. The second kappa shape index (κ2) is 10.1. The molecule has 2 fully saturated rings. The number of carbonyl (C=O) groups is 2. The summed E-state index contributed by atoms with van der Waals surface area (Å²) in [7, 11) is 0. The van der Waals surface area contributed by atoms with Crippen LogP contribution in [0.5, 0.6) is 5.75 Å². The van der Waals surface area contributed by atoms with Crippen LogP contribution in [0.2, 0.25) is 5.02 Å². The molecule has 1 aliphatic carbocycles. The summed E-state index contributed by atoms with van der Waals surface area (Å²) in [4.78, 5) is 27.8. The number of fused-ring (bicyclic) bond motifs is 2. The summed E-state index contributed by atoms with van der Waals surface area (Å²) in [6.07, 6.45) is 2.13. The highest BCUT2D eigenvalue weighted by Crippen LogP contribution is 2.58. The Labute approximate surface area is 230 Å². The Morgan fingerprint density at radius 3 is 2.49 bits per heavy atom. The molecule has 5 rings (SSSR count). The molecule has 0 radical (unpaired) electrons. The first kappa shape index (κ1) is 27.9. The number of esters is 1. The monoisotopic (exact) mass is 564 g/mol. The number of benzene rings is 2. The predicted molar refractivity (Wildman–Crippen MR) is 139 cm³/mol. The van der Waals surface area contributed by atoms with Gasteiger partial charge in [0.25, 0.3) is 0 Å². The van der Waals surface area contributed by atoms with Gasteiger partial charge in [-0.2, -0.15) is 0 Å². The summed E-state index contributed by atoms with van der Waals surface area (Å²) in [5.74, 6) is -5.78. The van der Waals surface area contributed by atoms with E-state index in [9.17, 15) is 23.5 Å². The Kier molecular flexibility index (Phi) is 7.23. The molecule has 2 heterocycles. The van der Waals surface area contributed by atoms with E-state index in [1.807, 2.05) is 20.8 Å². The highest BCUT2D eigenvalue weighted by Gasteiger charge is 2.68. The number of aliphatic hydroxyl groups excluding tert-OH is 1. The third-order valence-electron chi connectivity index (χ3n) is 8.22. The molecular weight excluding hydrogens is 533 g/mol. The van der Waals surface area contributed by atoms with Gasteiger partial charge in [-0.15, -0.1) is 0 Å². The molecular formula is C29H32ClF3N2O4. The summed E-state index contributed by atoms with van der Waals surface area (Å²) < 4.78 is 50.2. The maximum atomic E-state index is 15.7. The minimum atomic E-state index is -1.74. The highest BCUT2D eigenvalue weighted by atomic mass is 35.5. The van der Waals surface area contributed by atoms with E-state index in [1.54, 1.807) is 0 Å². The average Bonchev–Trinajstić information content (AvgIpc) is 3.32. The Bertz CT molecular complexity index is 1310. The van der Waals surface area contributed by atoms with Crippen molar-refractivity contribution in [3.8, 4) is 5.75 Å². The van der Waals surface area contributed by atoms with Crippen molar-refractivity contribution in [2.75, 3.05) is 0 Å². The summed E-state index contributed by atoms with van der Waals surface area (Å²) in [6, 6.07) is 3.96. The summed E-state index contributed by atoms with van der Waals surface area (Å²) >= 11 is 6.16. The van der Waals surface area contributed by atoms with Gasteiger partial charge in [0, 0.05) is 29.6 Å². The number of amides is 1. The quantitative estimate of drug-likeness (QED) is 0.363. The molecule has 4 atom stereocenters. The van der Waals surface area contributed by atoms with Crippen LogP contribution in [0.25, 0.3) is 0 Å². The zero-order chi connectivity index (χ0) is 28.3. The van der Waals surface area contributed by atoms with Crippen molar-refractivity contribution in [1.82, 2.24) is 10.6 Å². The number of halogens is 4. The van der Waals surface area contributed by atoms with Gasteiger partial charge in [0.1, 0.15) is 17.0 Å². The molecule has 2 aromatic carbocycles. The van der Waals surface area contributed by atoms with E-state index in [-0.39, 0.29) is 33.4 Å². The maximum Gasteiger partial charge on any atom is 0.324 e. The van der Waals surface area contributed by atoms with Gasteiger partial charge in [0.05, 0.1) is 17.2 Å². The van der Waals surface area contributed by atoms with E-state index in [0.717, 1.165) is 12.1 Å². The number of hydrogen-bond donors (Lipinski definition) is 3. The molecule has 2 aliphatic heterocycles. The minimum Gasteiger partial charge on any atom is -0.425 e. The van der Waals surface area contributed by atoms with E-state index in [0.29, 0.717) is 32.1 Å². The fourth-order valence-electron chi connectivity index (χ4n) is 6.54. The van der Waals surface area contributed by atoms with E-state index in [1.165, 1.54) is 18.2 Å². The van der Waals surface area contributed by atoms with Crippen LogP contribution in [-0.2, 0) is 15.0 Å². The molecule has 1 amide bonds. The number of hydrogen-bond acceptors (Lipinski definition) is 5. The van der Waals surface area contributed by atoms with Gasteiger partial charge in [-0.05, 0) is 55.2 Å². The van der Waals surface area contributed by atoms with Crippen LogP contribution >= 0.6 is 11.6 Å². The Balaban J connectivity index is 1.69. The smallest absolute Gasteiger partial charge is 0.324 e. The molecule has 1 saturated carbocycles. The van der Waals surface area contributed by atoms with Crippen LogP contribution < -0.4 is 15.4 Å². The molecule has 2 aromatic rings. The van der Waals surface area contributed by atoms with Crippen LogP contribution in [0.15, 0.2) is 30.3 Å². The SMILES string of the molecule is CC(C)(C)C[C@H]1N[C@@H](C(=O)N[C@H]2CC[C@H](O)CC2)[C@H](c2cccc(Cl)c2F)[C@@]12C(=O)Oc1cc(F)c(F)cc12. The first-order valence-electron chi connectivity index (χ1n) is 13.2. The second-order valence-electron chi connectivity index (χ2n) is 12.1. The number of ether oxygens (including phenoxy) is 1. The number of carbonyl (C=O) groups excluding carboxylic acids is 2. The van der Waals surface area contributed by atoms with E-state index in [2.05, 4.69) is 10.6 Å². The molecule has 210 valence electrons. The van der Waals surface area contributed by atoms with Crippen molar-refractivity contribution in [2.24, 2.45) is 5.41 Å². The normalized spacial score (nSPS) is 30.4. The fourth-order valence-corrected chi connectivity index (χ4v) is 6.72. The lowest BCUT2D eigenvalue weighted by molar-refractivity contribution is -0.139. The fraction of sp³-hybridized carbons (Fsp3) is 0.517. The van der Waals surface area contributed by atoms with Gasteiger partial charge in [-0.3, -0.25) is 9.59 Å². The van der Waals surface area contributed by atoms with Crippen LogP contribution in [0, 0.1) is 22.9 Å². The lowest BCUT2D eigenvalue weighted by atomic mass is 9.62. The van der Waals surface area contributed by atoms with E-state index >= 15 is 4.39 Å².